The molecular weight excluding hydrogens is 622 g/mol. The Morgan fingerprint density at radius 3 is 2.13 bits per heavy atom. The molecule has 0 saturated carbocycles. The van der Waals surface area contributed by atoms with Crippen molar-refractivity contribution in [2.45, 2.75) is 38.5 Å². The fourth-order valence-electron chi connectivity index (χ4n) is 6.02. The number of ether oxygens (including phenoxy) is 1. The van der Waals surface area contributed by atoms with E-state index in [0.717, 1.165) is 42.8 Å². The maximum Gasteiger partial charge on any atom is 0.386 e. The van der Waals surface area contributed by atoms with Gasteiger partial charge in [0.25, 0.3) is 11.4 Å². The van der Waals surface area contributed by atoms with Gasteiger partial charge >= 0.3 is 17.9 Å². The van der Waals surface area contributed by atoms with Crippen molar-refractivity contribution in [3.05, 3.63) is 91.2 Å². The minimum Gasteiger partial charge on any atom is -0.393 e. The molecule has 3 aliphatic rings. The number of hydrogen-bond acceptors (Lipinski definition) is 14. The number of hydrogen-bond donors (Lipinski definition) is 1. The number of carbonyl (C=O) groups is 4. The highest BCUT2D eigenvalue weighted by Crippen LogP contribution is 2.47. The predicted octanol–water partition coefficient (Wildman–Crippen LogP) is 2.19. The van der Waals surface area contributed by atoms with Crippen LogP contribution in [-0.2, 0) is 24.1 Å². The fraction of sp³-hybridized carbons (Fsp3) is 0.367. The molecule has 0 bridgehead atoms. The third kappa shape index (κ3) is 6.70. The maximum absolute atomic E-state index is 13.4. The molecule has 0 spiro atoms. The summed E-state index contributed by atoms with van der Waals surface area (Å²) in [6.07, 6.45) is 0.586. The van der Waals surface area contributed by atoms with E-state index in [9.17, 15) is 44.5 Å². The van der Waals surface area contributed by atoms with Crippen molar-refractivity contribution in [1.82, 2.24) is 9.80 Å². The van der Waals surface area contributed by atoms with Crippen LogP contribution in [0, 0.1) is 32.1 Å². The highest BCUT2D eigenvalue weighted by Gasteiger charge is 2.60. The third-order valence-electron chi connectivity index (χ3n) is 8.40. The van der Waals surface area contributed by atoms with Crippen molar-refractivity contribution in [3.8, 4) is 0 Å². The molecule has 3 heterocycles. The van der Waals surface area contributed by atoms with Gasteiger partial charge in [0.1, 0.15) is 5.70 Å². The first-order valence-corrected chi connectivity index (χ1v) is 14.5. The largest absolute Gasteiger partial charge is 0.393 e. The van der Waals surface area contributed by atoms with Gasteiger partial charge in [-0.05, 0) is 43.2 Å². The maximum atomic E-state index is 13.4. The lowest BCUT2D eigenvalue weighted by Gasteiger charge is -2.46. The Hall–Kier alpha value is -5.55. The summed E-state index contributed by atoms with van der Waals surface area (Å²) in [4.78, 5) is 88.7. The highest BCUT2D eigenvalue weighted by atomic mass is 17.2. The molecule has 2 aromatic rings. The summed E-state index contributed by atoms with van der Waals surface area (Å²) in [5.41, 5.74) is -0.00883. The summed E-state index contributed by atoms with van der Waals surface area (Å²) in [5.74, 6) is -4.52. The van der Waals surface area contributed by atoms with Crippen LogP contribution in [0.25, 0.3) is 0 Å². The van der Waals surface area contributed by atoms with Crippen molar-refractivity contribution in [1.29, 1.82) is 0 Å². The molecule has 5 atom stereocenters. The quantitative estimate of drug-likeness (QED) is 0.0539. The van der Waals surface area contributed by atoms with Crippen LogP contribution in [0.3, 0.4) is 0 Å². The van der Waals surface area contributed by atoms with Crippen molar-refractivity contribution >= 4 is 41.6 Å². The van der Waals surface area contributed by atoms with Gasteiger partial charge in [-0.1, -0.05) is 6.92 Å². The van der Waals surface area contributed by atoms with E-state index in [1.165, 1.54) is 24.0 Å². The Bertz CT molecular complexity index is 1670. The summed E-state index contributed by atoms with van der Waals surface area (Å²) in [6.45, 7) is 4.51. The Kier molecular flexibility index (Phi) is 9.39. The normalized spacial score (nSPS) is 22.9. The summed E-state index contributed by atoms with van der Waals surface area (Å²) < 4.78 is 5.12. The van der Waals surface area contributed by atoms with Crippen LogP contribution in [0.15, 0.2) is 64.8 Å². The second-order valence-corrected chi connectivity index (χ2v) is 11.3. The number of benzene rings is 2. The number of β-lactam (4-membered cyclic amide) rings is 1. The number of amides is 1. The lowest BCUT2D eigenvalue weighted by atomic mass is 9.77. The highest BCUT2D eigenvalue weighted by molar-refractivity contribution is 6.06. The minimum atomic E-state index is -1.05. The molecule has 3 aliphatic heterocycles. The van der Waals surface area contributed by atoms with Gasteiger partial charge in [0.2, 0.25) is 12.3 Å². The number of nitrogens with zero attached hydrogens (tertiary/aromatic N) is 5. The second-order valence-electron chi connectivity index (χ2n) is 11.3. The molecule has 0 aromatic heterocycles. The molecule has 1 amide bonds. The van der Waals surface area contributed by atoms with Crippen LogP contribution < -0.4 is 0 Å². The summed E-state index contributed by atoms with van der Waals surface area (Å²) >= 11 is 0. The van der Waals surface area contributed by atoms with Crippen LogP contribution in [0.4, 0.5) is 11.4 Å². The van der Waals surface area contributed by atoms with E-state index in [1.54, 1.807) is 0 Å². The molecule has 17 heteroatoms. The van der Waals surface area contributed by atoms with E-state index in [-0.39, 0.29) is 46.7 Å². The van der Waals surface area contributed by atoms with E-state index in [2.05, 4.69) is 9.88 Å². The standard InChI is InChI=1S/C30H29N5O12/c1-16-23(14-32-12-11-20(13-32)31-15-45-47-29(39)19-5-9-22(10-6-19)35(43)44)26(33-25(16)24(17(2)36)27(33)37)30(40)46-28(38)18-3-7-21(8-4-18)34(41)42/h3-10,15-17,20,24-25,36H,11-14H2,1-2H3/b31-15+/t16-,17+,20-,24+,25+/m0/s1. The van der Waals surface area contributed by atoms with Gasteiger partial charge in [0.05, 0.1) is 45.1 Å². The lowest BCUT2D eigenvalue weighted by Crippen LogP contribution is -2.63. The second kappa shape index (κ2) is 13.4. The Labute approximate surface area is 266 Å². The van der Waals surface area contributed by atoms with E-state index < -0.39 is 51.7 Å². The first-order valence-electron chi connectivity index (χ1n) is 14.5. The van der Waals surface area contributed by atoms with E-state index in [1.807, 2.05) is 11.8 Å². The number of rotatable bonds is 11. The summed E-state index contributed by atoms with van der Waals surface area (Å²) in [5, 5.41) is 31.9. The monoisotopic (exact) mass is 651 g/mol. The van der Waals surface area contributed by atoms with Crippen LogP contribution in [-0.4, -0.2) is 92.8 Å². The molecule has 2 saturated heterocycles. The molecule has 0 unspecified atom stereocenters. The molecule has 17 nitrogen and oxygen atoms in total. The Morgan fingerprint density at radius 2 is 1.57 bits per heavy atom. The average Bonchev–Trinajstić information content (AvgIpc) is 3.58. The molecule has 0 aliphatic carbocycles. The van der Waals surface area contributed by atoms with Gasteiger partial charge < -0.3 is 14.7 Å². The first-order chi connectivity index (χ1) is 22.4. The van der Waals surface area contributed by atoms with Crippen molar-refractivity contribution in [2.75, 3.05) is 19.6 Å². The van der Waals surface area contributed by atoms with Gasteiger partial charge in [-0.3, -0.25) is 34.8 Å². The summed E-state index contributed by atoms with van der Waals surface area (Å²) in [6, 6.07) is 8.51. The number of aliphatic imine (C=N–C) groups is 1. The van der Waals surface area contributed by atoms with Crippen LogP contribution in [0.5, 0.6) is 0 Å². The Morgan fingerprint density at radius 1 is 1.00 bits per heavy atom. The zero-order chi connectivity index (χ0) is 34.0. The van der Waals surface area contributed by atoms with Crippen molar-refractivity contribution in [2.24, 2.45) is 16.8 Å². The van der Waals surface area contributed by atoms with E-state index in [4.69, 9.17) is 9.62 Å². The Balaban J connectivity index is 1.23. The molecule has 1 N–H and O–H groups in total. The smallest absolute Gasteiger partial charge is 0.386 e. The molecule has 2 aromatic carbocycles. The van der Waals surface area contributed by atoms with Gasteiger partial charge in [-0.15, -0.1) is 0 Å². The molecule has 47 heavy (non-hydrogen) atoms. The zero-order valence-corrected chi connectivity index (χ0v) is 25.1. The predicted molar refractivity (Wildman–Crippen MR) is 158 cm³/mol. The fourth-order valence-corrected chi connectivity index (χ4v) is 6.02. The number of nitro groups is 2. The number of fused-ring (bicyclic) bond motifs is 1. The SMILES string of the molecule is C[C@@H](O)[C@H]1C(=O)N2C(C(=O)OC(=O)c3ccc([N+](=O)[O-])cc3)=C(CN3CC[C@H](/N=C/OOC(=O)c4ccc([N+](=O)[O-])cc4)C3)[C@H](C)[C@H]12. The van der Waals surface area contributed by atoms with Crippen LogP contribution in [0.2, 0.25) is 0 Å². The van der Waals surface area contributed by atoms with Gasteiger partial charge in [-0.2, -0.15) is 0 Å². The first kappa shape index (κ1) is 32.8. The van der Waals surface area contributed by atoms with E-state index >= 15 is 0 Å². The molecular formula is C30H29N5O12. The third-order valence-corrected chi connectivity index (χ3v) is 8.40. The molecule has 246 valence electrons. The average molecular weight is 652 g/mol. The van der Waals surface area contributed by atoms with Gasteiger partial charge in [-0.25, -0.2) is 24.3 Å². The van der Waals surface area contributed by atoms with Crippen molar-refractivity contribution < 1.29 is 48.6 Å². The number of aliphatic hydroxyl groups is 1. The molecule has 0 radical (unpaired) electrons. The number of carbonyl (C=O) groups excluding carboxylic acids is 4. The number of aliphatic hydroxyl groups excluding tert-OH is 1. The van der Waals surface area contributed by atoms with Crippen molar-refractivity contribution in [3.63, 3.8) is 0 Å². The number of nitro benzene ring substituents is 2. The number of non-ortho nitro benzene ring substituents is 2. The van der Waals surface area contributed by atoms with E-state index in [0.29, 0.717) is 25.1 Å². The molecule has 2 fully saturated rings. The minimum absolute atomic E-state index is 0.0415. The topological polar surface area (TPSA) is 221 Å². The summed E-state index contributed by atoms with van der Waals surface area (Å²) in [7, 11) is 0. The van der Waals surface area contributed by atoms with Gasteiger partial charge in [0.15, 0.2) is 0 Å². The van der Waals surface area contributed by atoms with Gasteiger partial charge in [0, 0.05) is 49.8 Å². The van der Waals surface area contributed by atoms with Crippen LogP contribution in [0.1, 0.15) is 41.0 Å². The number of likely N-dealkylation sites (tertiary alicyclic amines) is 1. The zero-order valence-electron chi connectivity index (χ0n) is 25.1. The van der Waals surface area contributed by atoms with Crippen LogP contribution >= 0.6 is 0 Å². The molecule has 5 rings (SSSR count). The lowest BCUT2D eigenvalue weighted by molar-refractivity contribution is -0.385. The number of esters is 2.